The Morgan fingerprint density at radius 3 is 2.50 bits per heavy atom. The maximum atomic E-state index is 5.52. The molecule has 0 aromatic heterocycles. The van der Waals surface area contributed by atoms with Gasteiger partial charge in [-0.25, -0.2) is 0 Å². The van der Waals surface area contributed by atoms with Crippen LogP contribution in [0.1, 0.15) is 19.8 Å². The fraction of sp³-hybridized carbons (Fsp3) is 1.00. The molecule has 2 saturated heterocycles. The second kappa shape index (κ2) is 5.10. The molecule has 3 nitrogen and oxygen atoms in total. The lowest BCUT2D eigenvalue weighted by Crippen LogP contribution is -2.44. The third kappa shape index (κ3) is 2.94. The van der Waals surface area contributed by atoms with Crippen molar-refractivity contribution in [2.75, 3.05) is 45.9 Å². The van der Waals surface area contributed by atoms with Gasteiger partial charge in [-0.05, 0) is 32.9 Å². The van der Waals surface area contributed by atoms with E-state index in [1.54, 1.807) is 0 Å². The maximum Gasteiger partial charge on any atom is 0.0674 e. The molecule has 14 heavy (non-hydrogen) atoms. The van der Waals surface area contributed by atoms with Crippen molar-refractivity contribution in [3.63, 3.8) is 0 Å². The van der Waals surface area contributed by atoms with Crippen LogP contribution in [0.15, 0.2) is 0 Å². The molecule has 1 unspecified atom stereocenters. The average molecular weight is 198 g/mol. The molecule has 0 saturated carbocycles. The van der Waals surface area contributed by atoms with Gasteiger partial charge in [0.1, 0.15) is 0 Å². The lowest BCUT2D eigenvalue weighted by molar-refractivity contribution is -0.0200. The predicted octanol–water partition coefficient (Wildman–Crippen LogP) is 0.803. The van der Waals surface area contributed by atoms with Crippen LogP contribution in [0.2, 0.25) is 0 Å². The highest BCUT2D eigenvalue weighted by atomic mass is 16.5. The molecule has 0 amide bonds. The Kier molecular flexibility index (Phi) is 3.79. The highest BCUT2D eigenvalue weighted by molar-refractivity contribution is 4.72. The molecular formula is C11H22N2O. The lowest BCUT2D eigenvalue weighted by Gasteiger charge is -2.32. The molecule has 0 bridgehead atoms. The molecule has 0 aliphatic carbocycles. The van der Waals surface area contributed by atoms with Crippen molar-refractivity contribution in [1.82, 2.24) is 9.80 Å². The number of hydrogen-bond donors (Lipinski definition) is 0. The van der Waals surface area contributed by atoms with Crippen molar-refractivity contribution < 1.29 is 4.74 Å². The van der Waals surface area contributed by atoms with E-state index in [-0.39, 0.29) is 0 Å². The summed E-state index contributed by atoms with van der Waals surface area (Å²) < 4.78 is 5.52. The topological polar surface area (TPSA) is 15.7 Å². The first-order chi connectivity index (χ1) is 6.84. The van der Waals surface area contributed by atoms with Crippen molar-refractivity contribution in [3.05, 3.63) is 0 Å². The summed E-state index contributed by atoms with van der Waals surface area (Å²) in [5, 5.41) is 0. The lowest BCUT2D eigenvalue weighted by atomic mass is 10.3. The van der Waals surface area contributed by atoms with Gasteiger partial charge in [-0.3, -0.25) is 4.90 Å². The van der Waals surface area contributed by atoms with E-state index in [1.807, 2.05) is 0 Å². The number of hydrogen-bond acceptors (Lipinski definition) is 3. The fourth-order valence-corrected chi connectivity index (χ4v) is 2.38. The van der Waals surface area contributed by atoms with Gasteiger partial charge < -0.3 is 9.64 Å². The standard InChI is InChI=1S/C11H22N2O/c1-11-10-13(8-9-14-11)7-6-12-4-2-3-5-12/h11H,2-10H2,1H3. The number of ether oxygens (including phenoxy) is 1. The van der Waals surface area contributed by atoms with Gasteiger partial charge in [0.2, 0.25) is 0 Å². The normalized spacial score (nSPS) is 31.1. The summed E-state index contributed by atoms with van der Waals surface area (Å²) in [6, 6.07) is 0. The fourth-order valence-electron chi connectivity index (χ4n) is 2.38. The van der Waals surface area contributed by atoms with Crippen LogP contribution in [0, 0.1) is 0 Å². The Morgan fingerprint density at radius 2 is 1.79 bits per heavy atom. The molecule has 82 valence electrons. The highest BCUT2D eigenvalue weighted by Crippen LogP contribution is 2.08. The maximum absolute atomic E-state index is 5.52. The molecule has 1 atom stereocenters. The summed E-state index contributed by atoms with van der Waals surface area (Å²) >= 11 is 0. The Balaban J connectivity index is 1.64. The van der Waals surface area contributed by atoms with E-state index in [2.05, 4.69) is 16.7 Å². The van der Waals surface area contributed by atoms with Crippen LogP contribution in [0.25, 0.3) is 0 Å². The first-order valence-corrected chi connectivity index (χ1v) is 5.91. The predicted molar refractivity (Wildman–Crippen MR) is 57.5 cm³/mol. The smallest absolute Gasteiger partial charge is 0.0674 e. The van der Waals surface area contributed by atoms with E-state index in [4.69, 9.17) is 4.74 Å². The Hall–Kier alpha value is -0.120. The minimum Gasteiger partial charge on any atom is -0.376 e. The second-order valence-corrected chi connectivity index (χ2v) is 4.53. The zero-order chi connectivity index (χ0) is 9.80. The summed E-state index contributed by atoms with van der Waals surface area (Å²) in [5.74, 6) is 0. The largest absolute Gasteiger partial charge is 0.376 e. The van der Waals surface area contributed by atoms with Gasteiger partial charge in [0.15, 0.2) is 0 Å². The van der Waals surface area contributed by atoms with Gasteiger partial charge >= 0.3 is 0 Å². The van der Waals surface area contributed by atoms with Crippen molar-refractivity contribution in [2.24, 2.45) is 0 Å². The van der Waals surface area contributed by atoms with Crippen LogP contribution in [0.5, 0.6) is 0 Å². The zero-order valence-corrected chi connectivity index (χ0v) is 9.24. The van der Waals surface area contributed by atoms with Crippen molar-refractivity contribution >= 4 is 0 Å². The van der Waals surface area contributed by atoms with Crippen LogP contribution >= 0.6 is 0 Å². The van der Waals surface area contributed by atoms with Gasteiger partial charge in [0, 0.05) is 26.2 Å². The molecule has 0 aromatic rings. The van der Waals surface area contributed by atoms with Crippen LogP contribution in [0.3, 0.4) is 0 Å². The molecule has 2 aliphatic rings. The number of nitrogens with zero attached hydrogens (tertiary/aromatic N) is 2. The van der Waals surface area contributed by atoms with E-state index >= 15 is 0 Å². The van der Waals surface area contributed by atoms with E-state index in [0.29, 0.717) is 6.10 Å². The van der Waals surface area contributed by atoms with E-state index < -0.39 is 0 Å². The molecule has 2 fully saturated rings. The number of likely N-dealkylation sites (tertiary alicyclic amines) is 1. The summed E-state index contributed by atoms with van der Waals surface area (Å²) in [4.78, 5) is 5.12. The van der Waals surface area contributed by atoms with Crippen LogP contribution in [0.4, 0.5) is 0 Å². The minimum absolute atomic E-state index is 0.433. The first kappa shape index (κ1) is 10.4. The van der Waals surface area contributed by atoms with Crippen LogP contribution in [-0.4, -0.2) is 61.8 Å². The third-order valence-corrected chi connectivity index (χ3v) is 3.26. The zero-order valence-electron chi connectivity index (χ0n) is 9.24. The van der Waals surface area contributed by atoms with Gasteiger partial charge in [-0.1, -0.05) is 0 Å². The van der Waals surface area contributed by atoms with Gasteiger partial charge in [0.25, 0.3) is 0 Å². The Morgan fingerprint density at radius 1 is 1.07 bits per heavy atom. The SMILES string of the molecule is CC1CN(CCN2CCCC2)CCO1. The molecular weight excluding hydrogens is 176 g/mol. The van der Waals surface area contributed by atoms with Gasteiger partial charge in [0.05, 0.1) is 12.7 Å². The molecule has 2 rings (SSSR count). The Labute approximate surface area is 87.0 Å². The van der Waals surface area contributed by atoms with E-state index in [1.165, 1.54) is 39.0 Å². The van der Waals surface area contributed by atoms with Crippen LogP contribution in [-0.2, 0) is 4.74 Å². The van der Waals surface area contributed by atoms with Crippen LogP contribution < -0.4 is 0 Å². The number of morpholine rings is 1. The molecule has 0 spiro atoms. The van der Waals surface area contributed by atoms with Crippen molar-refractivity contribution in [2.45, 2.75) is 25.9 Å². The highest BCUT2D eigenvalue weighted by Gasteiger charge is 2.18. The average Bonchev–Trinajstić information content (AvgIpc) is 2.67. The summed E-state index contributed by atoms with van der Waals surface area (Å²) in [6.45, 7) is 10.5. The molecule has 2 aliphatic heterocycles. The minimum atomic E-state index is 0.433. The second-order valence-electron chi connectivity index (χ2n) is 4.53. The molecule has 0 aromatic carbocycles. The third-order valence-electron chi connectivity index (χ3n) is 3.26. The Bertz CT molecular complexity index is 169. The van der Waals surface area contributed by atoms with Gasteiger partial charge in [-0.2, -0.15) is 0 Å². The molecule has 0 N–H and O–H groups in total. The van der Waals surface area contributed by atoms with Gasteiger partial charge in [-0.15, -0.1) is 0 Å². The van der Waals surface area contributed by atoms with E-state index in [0.717, 1.165) is 19.7 Å². The number of rotatable bonds is 3. The summed E-state index contributed by atoms with van der Waals surface area (Å²) in [7, 11) is 0. The quantitative estimate of drug-likeness (QED) is 0.667. The molecule has 2 heterocycles. The summed E-state index contributed by atoms with van der Waals surface area (Å²) in [5.41, 5.74) is 0. The van der Waals surface area contributed by atoms with Crippen molar-refractivity contribution in [3.8, 4) is 0 Å². The monoisotopic (exact) mass is 198 g/mol. The van der Waals surface area contributed by atoms with Crippen molar-refractivity contribution in [1.29, 1.82) is 0 Å². The van der Waals surface area contributed by atoms with E-state index in [9.17, 15) is 0 Å². The first-order valence-electron chi connectivity index (χ1n) is 5.91. The molecule has 0 radical (unpaired) electrons. The molecule has 3 heteroatoms. The summed E-state index contributed by atoms with van der Waals surface area (Å²) in [6.07, 6.45) is 3.24.